The molecule has 2 aromatic rings. The molecule has 0 spiro atoms. The summed E-state index contributed by atoms with van der Waals surface area (Å²) in [6, 6.07) is 3.69. The van der Waals surface area contributed by atoms with Gasteiger partial charge in [0.2, 0.25) is 5.82 Å². The summed E-state index contributed by atoms with van der Waals surface area (Å²) in [7, 11) is 0. The van der Waals surface area contributed by atoms with E-state index >= 15 is 0 Å². The maximum Gasteiger partial charge on any atom is 0.295 e. The summed E-state index contributed by atoms with van der Waals surface area (Å²) in [5.74, 6) is 1.14. The first-order valence-electron chi connectivity index (χ1n) is 6.31. The average molecular weight is 257 g/mol. The van der Waals surface area contributed by atoms with Crippen molar-refractivity contribution in [3.05, 3.63) is 35.2 Å². The normalized spacial score (nSPS) is 14.4. The molecule has 0 aromatic carbocycles. The molecule has 2 aromatic heterocycles. The van der Waals surface area contributed by atoms with Crippen LogP contribution in [0.4, 0.5) is 5.69 Å². The predicted molar refractivity (Wildman–Crippen MR) is 70.0 cm³/mol. The van der Waals surface area contributed by atoms with Crippen molar-refractivity contribution in [3.8, 4) is 0 Å². The third kappa shape index (κ3) is 2.47. The highest BCUT2D eigenvalue weighted by Gasteiger charge is 2.28. The third-order valence-electron chi connectivity index (χ3n) is 3.14. The molecular weight excluding hydrogens is 242 g/mol. The molecule has 2 heterocycles. The van der Waals surface area contributed by atoms with Crippen molar-refractivity contribution >= 4 is 11.6 Å². The van der Waals surface area contributed by atoms with Crippen LogP contribution in [0.1, 0.15) is 46.6 Å². The fraction of sp³-hybridized carbons (Fsp3) is 0.385. The van der Waals surface area contributed by atoms with Crippen molar-refractivity contribution in [2.24, 2.45) is 0 Å². The Morgan fingerprint density at radius 1 is 1.32 bits per heavy atom. The quantitative estimate of drug-likeness (QED) is 0.880. The number of nitrogens with one attached hydrogen (secondary N) is 2. The van der Waals surface area contributed by atoms with E-state index in [1.54, 1.807) is 0 Å². The lowest BCUT2D eigenvalue weighted by Crippen LogP contribution is -2.15. The van der Waals surface area contributed by atoms with Crippen LogP contribution >= 0.6 is 0 Å². The van der Waals surface area contributed by atoms with Gasteiger partial charge < -0.3 is 5.32 Å². The van der Waals surface area contributed by atoms with Crippen LogP contribution in [0.15, 0.2) is 12.1 Å². The molecule has 0 aliphatic heterocycles. The zero-order valence-electron chi connectivity index (χ0n) is 10.9. The van der Waals surface area contributed by atoms with Gasteiger partial charge in [0.1, 0.15) is 5.82 Å². The number of aryl methyl sites for hydroxylation is 2. The first-order chi connectivity index (χ1) is 9.13. The summed E-state index contributed by atoms with van der Waals surface area (Å²) in [4.78, 5) is 20.5. The monoisotopic (exact) mass is 257 g/mol. The number of amides is 1. The Bertz CT molecular complexity index is 630. The maximum atomic E-state index is 12.0. The molecule has 6 nitrogen and oxygen atoms in total. The number of pyridine rings is 1. The van der Waals surface area contributed by atoms with E-state index in [0.717, 1.165) is 30.1 Å². The number of hydrogen-bond acceptors (Lipinski definition) is 4. The van der Waals surface area contributed by atoms with Crippen LogP contribution in [0.3, 0.4) is 0 Å². The van der Waals surface area contributed by atoms with Gasteiger partial charge in [0.05, 0.1) is 11.4 Å². The summed E-state index contributed by atoms with van der Waals surface area (Å²) < 4.78 is 0. The zero-order chi connectivity index (χ0) is 13.4. The Kier molecular flexibility index (Phi) is 2.77. The molecule has 0 saturated heterocycles. The van der Waals surface area contributed by atoms with Crippen molar-refractivity contribution in [2.75, 3.05) is 5.32 Å². The van der Waals surface area contributed by atoms with E-state index in [4.69, 9.17) is 0 Å². The van der Waals surface area contributed by atoms with Crippen LogP contribution in [0.5, 0.6) is 0 Å². The minimum atomic E-state index is -0.308. The second kappa shape index (κ2) is 4.46. The summed E-state index contributed by atoms with van der Waals surface area (Å²) in [6.07, 6.45) is 2.24. The van der Waals surface area contributed by atoms with Crippen LogP contribution < -0.4 is 5.32 Å². The SMILES string of the molecule is Cc1ccc(NC(=O)c2n[nH]c(C3CC3)n2)c(C)n1. The molecule has 6 heteroatoms. The lowest BCUT2D eigenvalue weighted by atomic mass is 10.2. The van der Waals surface area contributed by atoms with E-state index in [9.17, 15) is 4.79 Å². The van der Waals surface area contributed by atoms with Crippen molar-refractivity contribution < 1.29 is 4.79 Å². The Hall–Kier alpha value is -2.24. The van der Waals surface area contributed by atoms with Crippen LogP contribution in [0, 0.1) is 13.8 Å². The largest absolute Gasteiger partial charge is 0.318 e. The Balaban J connectivity index is 1.76. The Labute approximate surface area is 110 Å². The molecule has 2 N–H and O–H groups in total. The van der Waals surface area contributed by atoms with Gasteiger partial charge in [-0.3, -0.25) is 14.9 Å². The van der Waals surface area contributed by atoms with Gasteiger partial charge in [-0.15, -0.1) is 5.10 Å². The van der Waals surface area contributed by atoms with Crippen molar-refractivity contribution in [2.45, 2.75) is 32.6 Å². The number of rotatable bonds is 3. The topological polar surface area (TPSA) is 83.6 Å². The van der Waals surface area contributed by atoms with Gasteiger partial charge >= 0.3 is 0 Å². The molecule has 19 heavy (non-hydrogen) atoms. The lowest BCUT2D eigenvalue weighted by Gasteiger charge is -2.06. The summed E-state index contributed by atoms with van der Waals surface area (Å²) in [5.41, 5.74) is 2.39. The number of hydrogen-bond donors (Lipinski definition) is 2. The first-order valence-corrected chi connectivity index (χ1v) is 6.31. The van der Waals surface area contributed by atoms with Crippen LogP contribution in [0.2, 0.25) is 0 Å². The van der Waals surface area contributed by atoms with E-state index < -0.39 is 0 Å². The van der Waals surface area contributed by atoms with Gasteiger partial charge in [-0.05, 0) is 38.8 Å². The van der Waals surface area contributed by atoms with E-state index in [1.807, 2.05) is 26.0 Å². The van der Waals surface area contributed by atoms with Crippen molar-refractivity contribution in [3.63, 3.8) is 0 Å². The van der Waals surface area contributed by atoms with Crippen molar-refractivity contribution in [1.29, 1.82) is 0 Å². The molecule has 98 valence electrons. The highest BCUT2D eigenvalue weighted by molar-refractivity contribution is 6.01. The number of H-pyrrole nitrogens is 1. The Morgan fingerprint density at radius 3 is 2.79 bits per heavy atom. The summed E-state index contributed by atoms with van der Waals surface area (Å²) in [5, 5.41) is 9.55. The molecule has 1 aliphatic rings. The fourth-order valence-electron chi connectivity index (χ4n) is 1.91. The fourth-order valence-corrected chi connectivity index (χ4v) is 1.91. The number of anilines is 1. The molecule has 0 bridgehead atoms. The molecule has 0 radical (unpaired) electrons. The third-order valence-corrected chi connectivity index (χ3v) is 3.14. The van der Waals surface area contributed by atoms with E-state index in [0.29, 0.717) is 11.6 Å². The minimum Gasteiger partial charge on any atom is -0.318 e. The van der Waals surface area contributed by atoms with Crippen LogP contribution in [-0.2, 0) is 0 Å². The highest BCUT2D eigenvalue weighted by atomic mass is 16.2. The molecule has 1 amide bonds. The van der Waals surface area contributed by atoms with Gasteiger partial charge in [0.25, 0.3) is 5.91 Å². The number of nitrogens with zero attached hydrogens (tertiary/aromatic N) is 3. The van der Waals surface area contributed by atoms with E-state index in [2.05, 4.69) is 25.5 Å². The van der Waals surface area contributed by atoms with E-state index in [1.165, 1.54) is 0 Å². The van der Waals surface area contributed by atoms with Crippen LogP contribution in [-0.4, -0.2) is 26.1 Å². The van der Waals surface area contributed by atoms with Gasteiger partial charge in [0, 0.05) is 11.6 Å². The molecule has 1 fully saturated rings. The average Bonchev–Trinajstić information content (AvgIpc) is 3.10. The Morgan fingerprint density at radius 2 is 2.11 bits per heavy atom. The number of aromatic amines is 1. The smallest absolute Gasteiger partial charge is 0.295 e. The molecule has 1 saturated carbocycles. The summed E-state index contributed by atoms with van der Waals surface area (Å²) in [6.45, 7) is 3.77. The predicted octanol–water partition coefficient (Wildman–Crippen LogP) is 1.95. The molecule has 3 rings (SSSR count). The number of carbonyl (C=O) groups excluding carboxylic acids is 1. The minimum absolute atomic E-state index is 0.182. The standard InChI is InChI=1S/C13H15N5O/c1-7-3-6-10(8(2)14-7)15-13(19)12-16-11(17-18-12)9-4-5-9/h3,6,9H,4-5H2,1-2H3,(H,15,19)(H,16,17,18). The van der Waals surface area contributed by atoms with Gasteiger partial charge in [0.15, 0.2) is 0 Å². The van der Waals surface area contributed by atoms with Gasteiger partial charge in [-0.2, -0.15) is 0 Å². The lowest BCUT2D eigenvalue weighted by molar-refractivity contribution is 0.101. The van der Waals surface area contributed by atoms with Crippen LogP contribution in [0.25, 0.3) is 0 Å². The maximum absolute atomic E-state index is 12.0. The molecule has 1 aliphatic carbocycles. The summed E-state index contributed by atoms with van der Waals surface area (Å²) >= 11 is 0. The van der Waals surface area contributed by atoms with Gasteiger partial charge in [-0.1, -0.05) is 0 Å². The van der Waals surface area contributed by atoms with Crippen molar-refractivity contribution in [1.82, 2.24) is 20.2 Å². The van der Waals surface area contributed by atoms with Gasteiger partial charge in [-0.25, -0.2) is 4.98 Å². The van der Waals surface area contributed by atoms with E-state index in [-0.39, 0.29) is 11.7 Å². The molecule has 0 atom stereocenters. The zero-order valence-corrected chi connectivity index (χ0v) is 10.9. The second-order valence-corrected chi connectivity index (χ2v) is 4.86. The first kappa shape index (κ1) is 11.8. The molecule has 0 unspecified atom stereocenters. The number of carbonyl (C=O) groups is 1. The number of aromatic nitrogens is 4. The second-order valence-electron chi connectivity index (χ2n) is 4.86. The molecular formula is C13H15N5O. The highest BCUT2D eigenvalue weighted by Crippen LogP contribution is 2.37.